The van der Waals surface area contributed by atoms with E-state index in [-0.39, 0.29) is 17.2 Å². The van der Waals surface area contributed by atoms with E-state index in [4.69, 9.17) is 4.74 Å². The van der Waals surface area contributed by atoms with E-state index in [0.717, 1.165) is 12.2 Å². The number of anilines is 1. The molecule has 0 aliphatic carbocycles. The van der Waals surface area contributed by atoms with E-state index in [2.05, 4.69) is 38.2 Å². The highest BCUT2D eigenvalue weighted by molar-refractivity contribution is 6.05. The van der Waals surface area contributed by atoms with Gasteiger partial charge in [0, 0.05) is 13.0 Å². The van der Waals surface area contributed by atoms with Crippen molar-refractivity contribution in [1.29, 1.82) is 0 Å². The van der Waals surface area contributed by atoms with Crippen molar-refractivity contribution in [3.8, 4) is 5.75 Å². The third-order valence-corrected chi connectivity index (χ3v) is 4.89. The Labute approximate surface area is 166 Å². The molecule has 0 unspecified atom stereocenters. The molecule has 0 radical (unpaired) electrons. The molecular weight excluding hydrogens is 352 g/mol. The molecule has 1 saturated heterocycles. The van der Waals surface area contributed by atoms with Crippen molar-refractivity contribution in [3.05, 3.63) is 59.7 Å². The second kappa shape index (κ2) is 8.46. The summed E-state index contributed by atoms with van der Waals surface area (Å²) < 4.78 is 5.73. The summed E-state index contributed by atoms with van der Waals surface area (Å²) in [7, 11) is 0. The van der Waals surface area contributed by atoms with Gasteiger partial charge in [0.1, 0.15) is 12.4 Å². The number of carbonyl (C=O) groups excluding carboxylic acids is 2. The average Bonchev–Trinajstić information content (AvgIpc) is 3.10. The lowest BCUT2D eigenvalue weighted by atomic mass is 9.87. The molecular formula is C23H28N2O3. The van der Waals surface area contributed by atoms with Crippen LogP contribution in [0.4, 0.5) is 5.69 Å². The number of benzene rings is 2. The molecule has 1 N–H and O–H groups in total. The predicted molar refractivity (Wildman–Crippen MR) is 111 cm³/mol. The highest BCUT2D eigenvalue weighted by Crippen LogP contribution is 2.26. The van der Waals surface area contributed by atoms with Crippen molar-refractivity contribution in [3.63, 3.8) is 0 Å². The van der Waals surface area contributed by atoms with Gasteiger partial charge in [-0.25, -0.2) is 0 Å². The second-order valence-electron chi connectivity index (χ2n) is 8.04. The summed E-state index contributed by atoms with van der Waals surface area (Å²) in [5, 5.41) is 2.88. The van der Waals surface area contributed by atoms with E-state index in [1.165, 1.54) is 5.56 Å². The number of ether oxygens (including phenoxy) is 1. The van der Waals surface area contributed by atoms with Crippen molar-refractivity contribution in [1.82, 2.24) is 5.32 Å². The minimum Gasteiger partial charge on any atom is -0.492 e. The monoisotopic (exact) mass is 380 g/mol. The summed E-state index contributed by atoms with van der Waals surface area (Å²) in [5.74, 6) is 0.662. The molecule has 0 aromatic heterocycles. The Hall–Kier alpha value is -2.82. The van der Waals surface area contributed by atoms with Crippen molar-refractivity contribution in [2.45, 2.75) is 39.0 Å². The normalized spacial score (nSPS) is 14.2. The molecule has 2 amide bonds. The summed E-state index contributed by atoms with van der Waals surface area (Å²) in [6.07, 6.45) is 1.37. The molecule has 1 aliphatic rings. The Kier molecular flexibility index (Phi) is 6.02. The first kappa shape index (κ1) is 19.9. The number of hydrogen-bond acceptors (Lipinski definition) is 3. The zero-order valence-electron chi connectivity index (χ0n) is 16.8. The zero-order chi connectivity index (χ0) is 20.1. The van der Waals surface area contributed by atoms with Crippen molar-refractivity contribution in [2.75, 3.05) is 24.6 Å². The quantitative estimate of drug-likeness (QED) is 0.773. The van der Waals surface area contributed by atoms with Crippen LogP contribution in [-0.2, 0) is 10.2 Å². The molecule has 0 atom stereocenters. The fraction of sp³-hybridized carbons (Fsp3) is 0.391. The highest BCUT2D eigenvalue weighted by Gasteiger charge is 2.25. The standard InChI is InChI=1S/C23H28N2O3/c1-23(2,3)17-10-12-18(13-11-17)28-16-14-24-22(27)19-7-4-5-8-20(19)25-15-6-9-21(25)26/h4-5,7-8,10-13H,6,9,14-16H2,1-3H3,(H,24,27). The van der Waals surface area contributed by atoms with Crippen LogP contribution in [-0.4, -0.2) is 31.5 Å². The van der Waals surface area contributed by atoms with Crippen LogP contribution in [0.15, 0.2) is 48.5 Å². The zero-order valence-corrected chi connectivity index (χ0v) is 16.8. The van der Waals surface area contributed by atoms with Gasteiger partial charge in [-0.05, 0) is 41.7 Å². The van der Waals surface area contributed by atoms with Crippen molar-refractivity contribution < 1.29 is 14.3 Å². The van der Waals surface area contributed by atoms with Gasteiger partial charge in [-0.15, -0.1) is 0 Å². The van der Waals surface area contributed by atoms with Gasteiger partial charge in [0.05, 0.1) is 17.8 Å². The summed E-state index contributed by atoms with van der Waals surface area (Å²) in [5.41, 5.74) is 2.56. The molecule has 0 spiro atoms. The Balaban J connectivity index is 1.53. The van der Waals surface area contributed by atoms with Gasteiger partial charge in [-0.3, -0.25) is 9.59 Å². The van der Waals surface area contributed by atoms with Crippen LogP contribution in [0.5, 0.6) is 5.75 Å². The molecule has 0 bridgehead atoms. The van der Waals surface area contributed by atoms with Crippen LogP contribution in [0.25, 0.3) is 0 Å². The van der Waals surface area contributed by atoms with Crippen LogP contribution >= 0.6 is 0 Å². The molecule has 1 fully saturated rings. The summed E-state index contributed by atoms with van der Waals surface area (Å²) >= 11 is 0. The molecule has 2 aromatic carbocycles. The summed E-state index contributed by atoms with van der Waals surface area (Å²) in [6, 6.07) is 15.3. The SMILES string of the molecule is CC(C)(C)c1ccc(OCCNC(=O)c2ccccc2N2CCCC2=O)cc1. The fourth-order valence-electron chi connectivity index (χ4n) is 3.28. The van der Waals surface area contributed by atoms with Crippen LogP contribution in [0.1, 0.15) is 49.5 Å². The molecule has 5 nitrogen and oxygen atoms in total. The van der Waals surface area contributed by atoms with Gasteiger partial charge >= 0.3 is 0 Å². The van der Waals surface area contributed by atoms with Crippen LogP contribution in [0.3, 0.4) is 0 Å². The first-order chi connectivity index (χ1) is 13.4. The summed E-state index contributed by atoms with van der Waals surface area (Å²) in [4.78, 5) is 26.3. The fourth-order valence-corrected chi connectivity index (χ4v) is 3.28. The van der Waals surface area contributed by atoms with E-state index in [0.29, 0.717) is 37.4 Å². The maximum Gasteiger partial charge on any atom is 0.253 e. The van der Waals surface area contributed by atoms with E-state index in [1.807, 2.05) is 30.3 Å². The lowest BCUT2D eigenvalue weighted by molar-refractivity contribution is -0.117. The van der Waals surface area contributed by atoms with Gasteiger partial charge in [-0.2, -0.15) is 0 Å². The number of carbonyl (C=O) groups is 2. The largest absolute Gasteiger partial charge is 0.492 e. The van der Waals surface area contributed by atoms with E-state index in [1.54, 1.807) is 11.0 Å². The Morgan fingerprint density at radius 3 is 2.46 bits per heavy atom. The number of amides is 2. The smallest absolute Gasteiger partial charge is 0.253 e. The minimum absolute atomic E-state index is 0.0716. The van der Waals surface area contributed by atoms with Gasteiger partial charge in [0.25, 0.3) is 5.91 Å². The second-order valence-corrected chi connectivity index (χ2v) is 8.04. The van der Waals surface area contributed by atoms with Gasteiger partial charge in [0.15, 0.2) is 0 Å². The molecule has 28 heavy (non-hydrogen) atoms. The van der Waals surface area contributed by atoms with Gasteiger partial charge in [-0.1, -0.05) is 45.0 Å². The van der Waals surface area contributed by atoms with Gasteiger partial charge in [0.2, 0.25) is 5.91 Å². The molecule has 3 rings (SSSR count). The van der Waals surface area contributed by atoms with Crippen molar-refractivity contribution in [2.24, 2.45) is 0 Å². The van der Waals surface area contributed by atoms with Crippen LogP contribution in [0, 0.1) is 0 Å². The average molecular weight is 380 g/mol. The molecule has 5 heteroatoms. The Morgan fingerprint density at radius 2 is 1.82 bits per heavy atom. The van der Waals surface area contributed by atoms with Crippen molar-refractivity contribution >= 4 is 17.5 Å². The molecule has 2 aromatic rings. The van der Waals surface area contributed by atoms with Crippen LogP contribution < -0.4 is 15.0 Å². The van der Waals surface area contributed by atoms with E-state index in [9.17, 15) is 9.59 Å². The van der Waals surface area contributed by atoms with Gasteiger partial charge < -0.3 is 15.0 Å². The highest BCUT2D eigenvalue weighted by atomic mass is 16.5. The Morgan fingerprint density at radius 1 is 1.11 bits per heavy atom. The number of hydrogen-bond donors (Lipinski definition) is 1. The predicted octanol–water partition coefficient (Wildman–Crippen LogP) is 3.92. The third kappa shape index (κ3) is 4.71. The first-order valence-corrected chi connectivity index (χ1v) is 9.77. The third-order valence-electron chi connectivity index (χ3n) is 4.89. The number of para-hydroxylation sites is 1. The lowest BCUT2D eigenvalue weighted by Crippen LogP contribution is -2.31. The van der Waals surface area contributed by atoms with Crippen LogP contribution in [0.2, 0.25) is 0 Å². The number of nitrogens with one attached hydrogen (secondary N) is 1. The molecule has 1 aliphatic heterocycles. The maximum atomic E-state index is 12.6. The maximum absolute atomic E-state index is 12.6. The number of nitrogens with zero attached hydrogens (tertiary/aromatic N) is 1. The Bertz CT molecular complexity index is 838. The topological polar surface area (TPSA) is 58.6 Å². The molecule has 1 heterocycles. The number of rotatable bonds is 6. The molecule has 0 saturated carbocycles. The minimum atomic E-state index is -0.193. The lowest BCUT2D eigenvalue weighted by Gasteiger charge is -2.19. The van der Waals surface area contributed by atoms with E-state index >= 15 is 0 Å². The molecule has 148 valence electrons. The summed E-state index contributed by atoms with van der Waals surface area (Å²) in [6.45, 7) is 7.95. The first-order valence-electron chi connectivity index (χ1n) is 9.77. The van der Waals surface area contributed by atoms with E-state index < -0.39 is 0 Å².